The van der Waals surface area contributed by atoms with E-state index in [-0.39, 0.29) is 5.54 Å². The highest BCUT2D eigenvalue weighted by Crippen LogP contribution is 2.22. The lowest BCUT2D eigenvalue weighted by atomic mass is 10.0. The molecule has 1 heterocycles. The molecule has 0 bridgehead atoms. The molecule has 1 aliphatic rings. The molecule has 0 unspecified atom stereocenters. The molecule has 2 aromatic rings. The maximum atomic E-state index is 10.0. The van der Waals surface area contributed by atoms with Crippen molar-refractivity contribution >= 4 is 22.8 Å². The molecule has 0 saturated carbocycles. The first-order valence-corrected chi connectivity index (χ1v) is 7.26. The fourth-order valence-electron chi connectivity index (χ4n) is 2.24. The Balaban J connectivity index is 1.99. The van der Waals surface area contributed by atoms with Gasteiger partial charge in [0.15, 0.2) is 5.84 Å². The van der Waals surface area contributed by atoms with Crippen LogP contribution in [-0.4, -0.2) is 27.9 Å². The van der Waals surface area contributed by atoms with Crippen LogP contribution in [-0.2, 0) is 0 Å². The van der Waals surface area contributed by atoms with E-state index in [0.717, 1.165) is 21.4 Å². The molecule has 0 radical (unpaired) electrons. The number of nitrogens with zero attached hydrogens (tertiary/aromatic N) is 3. The average Bonchev–Trinajstić information content (AvgIpc) is 2.94. The summed E-state index contributed by atoms with van der Waals surface area (Å²) in [7, 11) is 0. The minimum atomic E-state index is -0.376. The number of amidine groups is 1. The van der Waals surface area contributed by atoms with E-state index in [1.54, 1.807) is 12.4 Å². The van der Waals surface area contributed by atoms with Gasteiger partial charge < -0.3 is 0 Å². The third kappa shape index (κ3) is 2.78. The zero-order valence-corrected chi connectivity index (χ0v) is 13.0. The molecule has 1 aliphatic heterocycles. The Kier molecular flexibility index (Phi) is 3.54. The van der Waals surface area contributed by atoms with Crippen molar-refractivity contribution in [1.29, 1.82) is 0 Å². The SMILES string of the molecule is CC(C)(C)N(O)C=C1C=NC(c2cccc3ccccc23)=N1. The highest BCUT2D eigenvalue weighted by molar-refractivity contribution is 6.16. The molecular formula is C18H19N3O. The molecule has 0 spiro atoms. The lowest BCUT2D eigenvalue weighted by Crippen LogP contribution is -2.34. The molecule has 4 nitrogen and oxygen atoms in total. The predicted molar refractivity (Wildman–Crippen MR) is 90.4 cm³/mol. The fraction of sp³-hybridized carbons (Fsp3) is 0.222. The molecule has 3 rings (SSSR count). The van der Waals surface area contributed by atoms with Crippen molar-refractivity contribution in [3.8, 4) is 0 Å². The van der Waals surface area contributed by atoms with Gasteiger partial charge in [-0.1, -0.05) is 42.5 Å². The molecule has 0 saturated heterocycles. The van der Waals surface area contributed by atoms with E-state index in [9.17, 15) is 5.21 Å². The summed E-state index contributed by atoms with van der Waals surface area (Å²) in [5.74, 6) is 0.672. The summed E-state index contributed by atoms with van der Waals surface area (Å²) >= 11 is 0. The van der Waals surface area contributed by atoms with Crippen molar-refractivity contribution in [2.24, 2.45) is 9.98 Å². The van der Waals surface area contributed by atoms with Gasteiger partial charge in [-0.15, -0.1) is 0 Å². The van der Waals surface area contributed by atoms with Crippen LogP contribution < -0.4 is 0 Å². The zero-order valence-electron chi connectivity index (χ0n) is 13.0. The van der Waals surface area contributed by atoms with E-state index in [2.05, 4.69) is 28.2 Å². The molecule has 112 valence electrons. The van der Waals surface area contributed by atoms with Gasteiger partial charge in [0.2, 0.25) is 0 Å². The topological polar surface area (TPSA) is 48.2 Å². The van der Waals surface area contributed by atoms with Gasteiger partial charge in [-0.3, -0.25) is 10.3 Å². The predicted octanol–water partition coefficient (Wildman–Crippen LogP) is 4.00. The molecule has 22 heavy (non-hydrogen) atoms. The number of hydrogen-bond acceptors (Lipinski definition) is 4. The summed E-state index contributed by atoms with van der Waals surface area (Å²) in [6.07, 6.45) is 3.27. The van der Waals surface area contributed by atoms with Gasteiger partial charge >= 0.3 is 0 Å². The van der Waals surface area contributed by atoms with Crippen LogP contribution >= 0.6 is 0 Å². The maximum Gasteiger partial charge on any atom is 0.160 e. The van der Waals surface area contributed by atoms with Gasteiger partial charge in [-0.2, -0.15) is 0 Å². The van der Waals surface area contributed by atoms with Crippen LogP contribution in [0.2, 0.25) is 0 Å². The van der Waals surface area contributed by atoms with Crippen molar-refractivity contribution < 1.29 is 5.21 Å². The summed E-state index contributed by atoms with van der Waals surface area (Å²) in [6, 6.07) is 14.3. The summed E-state index contributed by atoms with van der Waals surface area (Å²) in [6.45, 7) is 5.77. The number of aliphatic imine (C=N–C) groups is 2. The van der Waals surface area contributed by atoms with E-state index in [4.69, 9.17) is 0 Å². The molecule has 0 aliphatic carbocycles. The standard InChI is InChI=1S/C18H19N3O/c1-18(2,3)21(22)12-14-11-19-17(20-14)16-10-6-8-13-7-4-5-9-15(13)16/h4-12,22H,1-3H3. The van der Waals surface area contributed by atoms with Crippen LogP contribution in [0.3, 0.4) is 0 Å². The van der Waals surface area contributed by atoms with Crippen molar-refractivity contribution in [1.82, 2.24) is 5.06 Å². The van der Waals surface area contributed by atoms with E-state index < -0.39 is 0 Å². The van der Waals surface area contributed by atoms with Gasteiger partial charge in [-0.25, -0.2) is 9.98 Å². The Labute approximate surface area is 130 Å². The highest BCUT2D eigenvalue weighted by Gasteiger charge is 2.18. The Morgan fingerprint density at radius 2 is 1.77 bits per heavy atom. The second kappa shape index (κ2) is 5.39. The maximum absolute atomic E-state index is 10.0. The number of allylic oxidation sites excluding steroid dienone is 1. The Morgan fingerprint density at radius 1 is 1.05 bits per heavy atom. The van der Waals surface area contributed by atoms with Gasteiger partial charge in [0.1, 0.15) is 5.70 Å². The third-order valence-electron chi connectivity index (χ3n) is 3.53. The van der Waals surface area contributed by atoms with Crippen molar-refractivity contribution in [3.05, 3.63) is 59.9 Å². The number of rotatable bonds is 2. The normalized spacial score (nSPS) is 16.4. The number of hydrogen-bond donors (Lipinski definition) is 1. The molecule has 1 N–H and O–H groups in total. The Hall–Kier alpha value is -2.46. The molecule has 0 amide bonds. The lowest BCUT2D eigenvalue weighted by Gasteiger charge is -2.27. The van der Waals surface area contributed by atoms with Crippen LogP contribution in [0.1, 0.15) is 26.3 Å². The molecule has 0 aromatic heterocycles. The first-order valence-electron chi connectivity index (χ1n) is 7.26. The molecule has 4 heteroatoms. The van der Waals surface area contributed by atoms with Crippen LogP contribution in [0.4, 0.5) is 0 Å². The highest BCUT2D eigenvalue weighted by atomic mass is 16.5. The minimum Gasteiger partial charge on any atom is -0.288 e. The van der Waals surface area contributed by atoms with Gasteiger partial charge in [-0.05, 0) is 31.5 Å². The summed E-state index contributed by atoms with van der Waals surface area (Å²) in [5.41, 5.74) is 1.26. The summed E-state index contributed by atoms with van der Waals surface area (Å²) < 4.78 is 0. The zero-order chi connectivity index (χ0) is 15.7. The van der Waals surface area contributed by atoms with Crippen LogP contribution in [0.25, 0.3) is 10.8 Å². The molecular weight excluding hydrogens is 274 g/mol. The van der Waals surface area contributed by atoms with Crippen molar-refractivity contribution in [2.75, 3.05) is 0 Å². The average molecular weight is 293 g/mol. The first-order chi connectivity index (χ1) is 10.4. The molecule has 0 fully saturated rings. The monoisotopic (exact) mass is 293 g/mol. The van der Waals surface area contributed by atoms with Gasteiger partial charge in [0.05, 0.1) is 18.0 Å². The number of fused-ring (bicyclic) bond motifs is 1. The van der Waals surface area contributed by atoms with E-state index >= 15 is 0 Å². The minimum absolute atomic E-state index is 0.376. The smallest absolute Gasteiger partial charge is 0.160 e. The number of benzene rings is 2. The Morgan fingerprint density at radius 3 is 2.55 bits per heavy atom. The van der Waals surface area contributed by atoms with Crippen molar-refractivity contribution in [3.63, 3.8) is 0 Å². The van der Waals surface area contributed by atoms with E-state index in [1.807, 2.05) is 45.0 Å². The molecule has 2 aromatic carbocycles. The second-order valence-electron chi connectivity index (χ2n) is 6.29. The first kappa shape index (κ1) is 14.5. The van der Waals surface area contributed by atoms with Crippen molar-refractivity contribution in [2.45, 2.75) is 26.3 Å². The van der Waals surface area contributed by atoms with E-state index in [1.165, 1.54) is 0 Å². The van der Waals surface area contributed by atoms with Crippen LogP contribution in [0.5, 0.6) is 0 Å². The summed E-state index contributed by atoms with van der Waals surface area (Å²) in [5, 5.41) is 13.4. The lowest BCUT2D eigenvalue weighted by molar-refractivity contribution is -0.110. The van der Waals surface area contributed by atoms with Crippen LogP contribution in [0.15, 0.2) is 64.3 Å². The van der Waals surface area contributed by atoms with Gasteiger partial charge in [0.25, 0.3) is 0 Å². The van der Waals surface area contributed by atoms with Gasteiger partial charge in [0, 0.05) is 5.56 Å². The fourth-order valence-corrected chi connectivity index (χ4v) is 2.24. The van der Waals surface area contributed by atoms with E-state index in [0.29, 0.717) is 11.5 Å². The molecule has 0 atom stereocenters. The number of hydroxylamine groups is 2. The second-order valence-corrected chi connectivity index (χ2v) is 6.29. The Bertz CT molecular complexity index is 792. The summed E-state index contributed by atoms with van der Waals surface area (Å²) in [4.78, 5) is 8.91. The van der Waals surface area contributed by atoms with Crippen LogP contribution in [0, 0.1) is 0 Å². The third-order valence-corrected chi connectivity index (χ3v) is 3.53. The quantitative estimate of drug-likeness (QED) is 0.851. The largest absolute Gasteiger partial charge is 0.288 e.